The third-order valence-electron chi connectivity index (χ3n) is 1.87. The molecule has 7 heteroatoms. The number of carbonyl (C=O) groups is 1. The fraction of sp³-hybridized carbons (Fsp3) is 0.100. The number of pyridine rings is 1. The van der Waals surface area contributed by atoms with E-state index in [1.807, 2.05) is 6.07 Å². The van der Waals surface area contributed by atoms with Gasteiger partial charge in [-0.25, -0.2) is 4.98 Å². The summed E-state index contributed by atoms with van der Waals surface area (Å²) in [6.07, 6.45) is 1.31. The van der Waals surface area contributed by atoms with Crippen molar-refractivity contribution in [2.75, 3.05) is 5.32 Å². The maximum Gasteiger partial charge on any atom is 0.322 e. The van der Waals surface area contributed by atoms with E-state index in [1.54, 1.807) is 6.92 Å². The van der Waals surface area contributed by atoms with Crippen molar-refractivity contribution in [3.8, 4) is 6.07 Å². The molecule has 1 amide bonds. The van der Waals surface area contributed by atoms with E-state index in [0.717, 1.165) is 0 Å². The molecule has 0 atom stereocenters. The summed E-state index contributed by atoms with van der Waals surface area (Å²) >= 11 is 0. The number of nitriles is 1. The summed E-state index contributed by atoms with van der Waals surface area (Å²) in [4.78, 5) is 15.5. The highest BCUT2D eigenvalue weighted by molar-refractivity contribution is 6.01. The lowest BCUT2D eigenvalue weighted by Crippen LogP contribution is -2.13. The van der Waals surface area contributed by atoms with Gasteiger partial charge in [-0.2, -0.15) is 5.26 Å². The van der Waals surface area contributed by atoms with Crippen LogP contribution in [0.15, 0.2) is 22.7 Å². The number of aryl methyl sites for hydroxylation is 1. The summed E-state index contributed by atoms with van der Waals surface area (Å²) in [7, 11) is 0. The van der Waals surface area contributed by atoms with Crippen LogP contribution >= 0.6 is 0 Å². The number of hydrogen-bond donors (Lipinski definition) is 1. The Labute approximate surface area is 96.1 Å². The van der Waals surface area contributed by atoms with Gasteiger partial charge in [0.2, 0.25) is 5.89 Å². The zero-order chi connectivity index (χ0) is 12.3. The maximum atomic E-state index is 11.6. The molecule has 2 aromatic heterocycles. The number of aromatic nitrogens is 3. The fourth-order valence-electron chi connectivity index (χ4n) is 1.10. The predicted molar refractivity (Wildman–Crippen MR) is 55.9 cm³/mol. The zero-order valence-electron chi connectivity index (χ0n) is 8.84. The third-order valence-corrected chi connectivity index (χ3v) is 1.87. The van der Waals surface area contributed by atoms with Crippen LogP contribution in [-0.4, -0.2) is 21.1 Å². The number of rotatable bonds is 2. The lowest BCUT2D eigenvalue weighted by Gasteiger charge is -1.98. The summed E-state index contributed by atoms with van der Waals surface area (Å²) in [6, 6.07) is 4.87. The molecule has 0 spiro atoms. The SMILES string of the molecule is Cc1nnc(NC(=O)c2ccc(C#N)cn2)o1. The molecule has 2 aromatic rings. The molecule has 0 bridgehead atoms. The molecule has 84 valence electrons. The molecule has 0 aliphatic rings. The van der Waals surface area contributed by atoms with Crippen molar-refractivity contribution in [2.24, 2.45) is 0 Å². The molecule has 0 radical (unpaired) electrons. The van der Waals surface area contributed by atoms with Gasteiger partial charge in [0, 0.05) is 13.1 Å². The Bertz CT molecular complexity index is 581. The van der Waals surface area contributed by atoms with Gasteiger partial charge in [0.15, 0.2) is 0 Å². The average Bonchev–Trinajstić information content (AvgIpc) is 2.75. The van der Waals surface area contributed by atoms with E-state index >= 15 is 0 Å². The van der Waals surface area contributed by atoms with Crippen LogP contribution in [0, 0.1) is 18.3 Å². The summed E-state index contributed by atoms with van der Waals surface area (Å²) in [6.45, 7) is 1.61. The molecular formula is C10H7N5O2. The van der Waals surface area contributed by atoms with Crippen LogP contribution in [0.2, 0.25) is 0 Å². The predicted octanol–water partition coefficient (Wildman–Crippen LogP) is 0.897. The first-order valence-corrected chi connectivity index (χ1v) is 4.66. The van der Waals surface area contributed by atoms with Gasteiger partial charge in [0.25, 0.3) is 5.91 Å². The van der Waals surface area contributed by atoms with Crippen LogP contribution in [0.3, 0.4) is 0 Å². The van der Waals surface area contributed by atoms with E-state index in [0.29, 0.717) is 11.5 Å². The quantitative estimate of drug-likeness (QED) is 0.820. The molecule has 2 rings (SSSR count). The highest BCUT2D eigenvalue weighted by Crippen LogP contribution is 2.06. The van der Waals surface area contributed by atoms with E-state index in [1.165, 1.54) is 18.3 Å². The summed E-state index contributed by atoms with van der Waals surface area (Å²) in [5.41, 5.74) is 0.551. The van der Waals surface area contributed by atoms with Crippen molar-refractivity contribution in [1.29, 1.82) is 5.26 Å². The Morgan fingerprint density at radius 2 is 2.29 bits per heavy atom. The summed E-state index contributed by atoms with van der Waals surface area (Å²) in [5, 5.41) is 18.2. The van der Waals surface area contributed by atoms with E-state index in [4.69, 9.17) is 9.68 Å². The number of anilines is 1. The van der Waals surface area contributed by atoms with Crippen molar-refractivity contribution in [1.82, 2.24) is 15.2 Å². The highest BCUT2D eigenvalue weighted by atomic mass is 16.4. The fourth-order valence-corrected chi connectivity index (χ4v) is 1.10. The largest absolute Gasteiger partial charge is 0.408 e. The van der Waals surface area contributed by atoms with Crippen LogP contribution in [0.4, 0.5) is 6.01 Å². The first-order valence-electron chi connectivity index (χ1n) is 4.66. The third kappa shape index (κ3) is 2.43. The summed E-state index contributed by atoms with van der Waals surface area (Å²) < 4.78 is 4.99. The van der Waals surface area contributed by atoms with Crippen LogP contribution < -0.4 is 5.32 Å². The second-order valence-corrected chi connectivity index (χ2v) is 3.12. The molecule has 0 aliphatic carbocycles. The Balaban J connectivity index is 2.12. The molecule has 17 heavy (non-hydrogen) atoms. The molecule has 0 saturated carbocycles. The summed E-state index contributed by atoms with van der Waals surface area (Å²) in [5.74, 6) is -0.119. The molecule has 0 aromatic carbocycles. The first-order chi connectivity index (χ1) is 8.19. The minimum Gasteiger partial charge on any atom is -0.408 e. The number of nitrogens with zero attached hydrogens (tertiary/aromatic N) is 4. The van der Waals surface area contributed by atoms with Gasteiger partial charge in [-0.1, -0.05) is 5.10 Å². The standard InChI is InChI=1S/C10H7N5O2/c1-6-14-15-10(17-6)13-9(16)8-3-2-7(4-11)5-12-8/h2-3,5H,1H3,(H,13,15,16). The van der Waals surface area contributed by atoms with Gasteiger partial charge in [-0.15, -0.1) is 5.10 Å². The van der Waals surface area contributed by atoms with Gasteiger partial charge >= 0.3 is 6.01 Å². The topological polar surface area (TPSA) is 105 Å². The maximum absolute atomic E-state index is 11.6. The van der Waals surface area contributed by atoms with Crippen molar-refractivity contribution in [3.63, 3.8) is 0 Å². The van der Waals surface area contributed by atoms with Crippen LogP contribution in [0.25, 0.3) is 0 Å². The van der Waals surface area contributed by atoms with Crippen LogP contribution in [0.5, 0.6) is 0 Å². The highest BCUT2D eigenvalue weighted by Gasteiger charge is 2.11. The molecule has 1 N–H and O–H groups in total. The lowest BCUT2D eigenvalue weighted by atomic mass is 10.2. The van der Waals surface area contributed by atoms with Gasteiger partial charge < -0.3 is 4.42 Å². The average molecular weight is 229 g/mol. The van der Waals surface area contributed by atoms with Gasteiger partial charge in [-0.05, 0) is 12.1 Å². The minimum absolute atomic E-state index is 0.0126. The molecular weight excluding hydrogens is 222 g/mol. The van der Waals surface area contributed by atoms with E-state index in [9.17, 15) is 4.79 Å². The minimum atomic E-state index is -0.474. The molecule has 0 saturated heterocycles. The molecule has 0 fully saturated rings. The number of carbonyl (C=O) groups excluding carboxylic acids is 1. The lowest BCUT2D eigenvalue weighted by molar-refractivity contribution is 0.101. The number of amides is 1. The van der Waals surface area contributed by atoms with Gasteiger partial charge in [-0.3, -0.25) is 10.1 Å². The Morgan fingerprint density at radius 1 is 1.47 bits per heavy atom. The normalized spacial score (nSPS) is 9.65. The Hall–Kier alpha value is -2.75. The van der Waals surface area contributed by atoms with Crippen molar-refractivity contribution >= 4 is 11.9 Å². The zero-order valence-corrected chi connectivity index (χ0v) is 8.84. The second kappa shape index (κ2) is 4.40. The van der Waals surface area contributed by atoms with Gasteiger partial charge in [0.1, 0.15) is 11.8 Å². The second-order valence-electron chi connectivity index (χ2n) is 3.12. The Morgan fingerprint density at radius 3 is 2.82 bits per heavy atom. The van der Waals surface area contributed by atoms with Crippen molar-refractivity contribution in [2.45, 2.75) is 6.92 Å². The van der Waals surface area contributed by atoms with E-state index in [-0.39, 0.29) is 11.7 Å². The molecule has 7 nitrogen and oxygen atoms in total. The monoisotopic (exact) mass is 229 g/mol. The van der Waals surface area contributed by atoms with Crippen molar-refractivity contribution < 1.29 is 9.21 Å². The van der Waals surface area contributed by atoms with E-state index in [2.05, 4.69) is 20.5 Å². The van der Waals surface area contributed by atoms with Crippen LogP contribution in [0.1, 0.15) is 21.9 Å². The van der Waals surface area contributed by atoms with E-state index < -0.39 is 5.91 Å². The van der Waals surface area contributed by atoms with Gasteiger partial charge in [0.05, 0.1) is 5.56 Å². The molecule has 0 aliphatic heterocycles. The van der Waals surface area contributed by atoms with Crippen molar-refractivity contribution in [3.05, 3.63) is 35.5 Å². The molecule has 0 unspecified atom stereocenters. The Kier molecular flexibility index (Phi) is 2.79. The molecule has 2 heterocycles. The first kappa shape index (κ1) is 10.8. The number of hydrogen-bond acceptors (Lipinski definition) is 6. The number of nitrogens with one attached hydrogen (secondary N) is 1. The smallest absolute Gasteiger partial charge is 0.322 e. The van der Waals surface area contributed by atoms with Crippen LogP contribution in [-0.2, 0) is 0 Å².